The topological polar surface area (TPSA) is 139 Å². The van der Waals surface area contributed by atoms with Gasteiger partial charge in [-0.15, -0.1) is 0 Å². The van der Waals surface area contributed by atoms with E-state index in [-0.39, 0.29) is 30.7 Å². The standard InChI is InChI=1S/C23H38N6O5/c1-6-7-8-17(14-29(34)15-30)20(31)24-19(23(3,4)5)22(33)28-11-9-27(10-12-28)21(32)18-13-16(2)25-26-18/h13,15,17,19,34H,6-12,14H2,1-5H3,(H,24,31)(H,25,26)/t17-,19?/m1/s1. The third-order valence-electron chi connectivity index (χ3n) is 6.01. The van der Waals surface area contributed by atoms with Gasteiger partial charge in [0.1, 0.15) is 11.7 Å². The summed E-state index contributed by atoms with van der Waals surface area (Å²) < 4.78 is 0. The van der Waals surface area contributed by atoms with Gasteiger partial charge in [-0.2, -0.15) is 5.10 Å². The van der Waals surface area contributed by atoms with Gasteiger partial charge in [0.2, 0.25) is 18.2 Å². The molecule has 2 heterocycles. The number of hydrogen-bond donors (Lipinski definition) is 3. The smallest absolute Gasteiger partial charge is 0.274 e. The molecule has 0 aliphatic carbocycles. The summed E-state index contributed by atoms with van der Waals surface area (Å²) in [6, 6.07) is 0.904. The van der Waals surface area contributed by atoms with E-state index in [2.05, 4.69) is 15.5 Å². The Morgan fingerprint density at radius 1 is 1.24 bits per heavy atom. The van der Waals surface area contributed by atoms with Crippen LogP contribution in [-0.4, -0.2) is 93.2 Å². The molecule has 3 N–H and O–H groups in total. The molecule has 190 valence electrons. The molecule has 11 heteroatoms. The normalized spacial score (nSPS) is 16.1. The number of nitrogens with zero attached hydrogens (tertiary/aromatic N) is 4. The summed E-state index contributed by atoms with van der Waals surface area (Å²) in [5.41, 5.74) is 0.588. The Labute approximate surface area is 200 Å². The van der Waals surface area contributed by atoms with E-state index in [9.17, 15) is 24.4 Å². The molecule has 0 aromatic carbocycles. The number of piperazine rings is 1. The predicted octanol–water partition coefficient (Wildman–Crippen LogP) is 1.19. The van der Waals surface area contributed by atoms with Crippen molar-refractivity contribution in [1.82, 2.24) is 30.4 Å². The second-order valence-electron chi connectivity index (χ2n) is 9.93. The van der Waals surface area contributed by atoms with Gasteiger partial charge in [0.15, 0.2) is 0 Å². The van der Waals surface area contributed by atoms with Crippen molar-refractivity contribution in [2.45, 2.75) is 59.9 Å². The van der Waals surface area contributed by atoms with Crippen LogP contribution in [0, 0.1) is 18.3 Å². The fourth-order valence-corrected chi connectivity index (χ4v) is 3.94. The van der Waals surface area contributed by atoms with Crippen LogP contribution in [0.25, 0.3) is 0 Å². The number of hydroxylamine groups is 2. The molecular weight excluding hydrogens is 440 g/mol. The van der Waals surface area contributed by atoms with E-state index in [1.54, 1.807) is 15.9 Å². The van der Waals surface area contributed by atoms with Crippen molar-refractivity contribution in [3.8, 4) is 0 Å². The number of carbonyl (C=O) groups excluding carboxylic acids is 4. The van der Waals surface area contributed by atoms with Crippen LogP contribution in [0.3, 0.4) is 0 Å². The van der Waals surface area contributed by atoms with E-state index >= 15 is 0 Å². The largest absolute Gasteiger partial charge is 0.344 e. The Bertz CT molecular complexity index is 856. The molecule has 1 aromatic heterocycles. The zero-order valence-electron chi connectivity index (χ0n) is 20.8. The van der Waals surface area contributed by atoms with E-state index < -0.39 is 17.4 Å². The maximum atomic E-state index is 13.4. The first-order chi connectivity index (χ1) is 16.0. The lowest BCUT2D eigenvalue weighted by molar-refractivity contribution is -0.155. The van der Waals surface area contributed by atoms with Gasteiger partial charge < -0.3 is 15.1 Å². The van der Waals surface area contributed by atoms with Crippen molar-refractivity contribution in [2.75, 3.05) is 32.7 Å². The monoisotopic (exact) mass is 478 g/mol. The second-order valence-corrected chi connectivity index (χ2v) is 9.93. The predicted molar refractivity (Wildman–Crippen MR) is 125 cm³/mol. The van der Waals surface area contributed by atoms with E-state index in [1.165, 1.54) is 0 Å². The van der Waals surface area contributed by atoms with Crippen LogP contribution in [0.2, 0.25) is 0 Å². The molecule has 1 unspecified atom stereocenters. The number of aromatic amines is 1. The lowest BCUT2D eigenvalue weighted by Gasteiger charge is -2.39. The highest BCUT2D eigenvalue weighted by Gasteiger charge is 2.38. The van der Waals surface area contributed by atoms with E-state index in [1.807, 2.05) is 34.6 Å². The van der Waals surface area contributed by atoms with Gasteiger partial charge in [-0.1, -0.05) is 40.5 Å². The lowest BCUT2D eigenvalue weighted by atomic mass is 9.85. The molecule has 0 spiro atoms. The molecular formula is C23H38N6O5. The van der Waals surface area contributed by atoms with Crippen LogP contribution in [-0.2, 0) is 14.4 Å². The highest BCUT2D eigenvalue weighted by molar-refractivity contribution is 5.93. The molecule has 2 rings (SSSR count). The van der Waals surface area contributed by atoms with Crippen LogP contribution in [0.1, 0.15) is 63.1 Å². The van der Waals surface area contributed by atoms with Crippen LogP contribution < -0.4 is 5.32 Å². The van der Waals surface area contributed by atoms with Crippen molar-refractivity contribution in [2.24, 2.45) is 11.3 Å². The van der Waals surface area contributed by atoms with Gasteiger partial charge in [-0.3, -0.25) is 29.5 Å². The van der Waals surface area contributed by atoms with Crippen LogP contribution in [0.4, 0.5) is 0 Å². The number of nitrogens with one attached hydrogen (secondary N) is 2. The molecule has 1 fully saturated rings. The Morgan fingerprint density at radius 2 is 1.85 bits per heavy atom. The van der Waals surface area contributed by atoms with E-state index in [4.69, 9.17) is 0 Å². The first kappa shape index (κ1) is 27.3. The molecule has 1 aliphatic heterocycles. The molecule has 0 bridgehead atoms. The molecule has 1 aliphatic rings. The first-order valence-corrected chi connectivity index (χ1v) is 11.8. The van der Waals surface area contributed by atoms with Crippen LogP contribution in [0.5, 0.6) is 0 Å². The minimum absolute atomic E-state index is 0.131. The number of amides is 4. The fraction of sp³-hybridized carbons (Fsp3) is 0.696. The summed E-state index contributed by atoms with van der Waals surface area (Å²) >= 11 is 0. The molecule has 2 atom stereocenters. The highest BCUT2D eigenvalue weighted by Crippen LogP contribution is 2.23. The summed E-state index contributed by atoms with van der Waals surface area (Å²) in [6.45, 7) is 10.8. The lowest BCUT2D eigenvalue weighted by Crippen LogP contribution is -2.60. The molecule has 4 amide bonds. The van der Waals surface area contributed by atoms with Gasteiger partial charge in [-0.05, 0) is 24.8 Å². The average molecular weight is 479 g/mol. The molecule has 1 saturated heterocycles. The molecule has 34 heavy (non-hydrogen) atoms. The van der Waals surface area contributed by atoms with E-state index in [0.717, 1.165) is 18.5 Å². The van der Waals surface area contributed by atoms with Gasteiger partial charge >= 0.3 is 0 Å². The van der Waals surface area contributed by atoms with Crippen molar-refractivity contribution in [3.05, 3.63) is 17.5 Å². The maximum Gasteiger partial charge on any atom is 0.274 e. The fourth-order valence-electron chi connectivity index (χ4n) is 3.94. The summed E-state index contributed by atoms with van der Waals surface area (Å²) in [4.78, 5) is 53.3. The highest BCUT2D eigenvalue weighted by atomic mass is 16.5. The third kappa shape index (κ3) is 7.28. The number of aryl methyl sites for hydroxylation is 1. The van der Waals surface area contributed by atoms with Crippen LogP contribution >= 0.6 is 0 Å². The number of unbranched alkanes of at least 4 members (excludes halogenated alkanes) is 1. The number of rotatable bonds is 10. The minimum Gasteiger partial charge on any atom is -0.344 e. The second kappa shape index (κ2) is 12.0. The quantitative estimate of drug-likeness (QED) is 0.262. The minimum atomic E-state index is -0.788. The Hall–Kier alpha value is -2.95. The van der Waals surface area contributed by atoms with Crippen molar-refractivity contribution in [3.63, 3.8) is 0 Å². The van der Waals surface area contributed by atoms with Gasteiger partial charge in [-0.25, -0.2) is 5.06 Å². The molecule has 11 nitrogen and oxygen atoms in total. The van der Waals surface area contributed by atoms with Crippen molar-refractivity contribution in [1.29, 1.82) is 0 Å². The number of carbonyl (C=O) groups is 4. The van der Waals surface area contributed by atoms with Crippen molar-refractivity contribution < 1.29 is 24.4 Å². The summed E-state index contributed by atoms with van der Waals surface area (Å²) in [5, 5.41) is 19.7. The van der Waals surface area contributed by atoms with E-state index in [0.29, 0.717) is 43.4 Å². The van der Waals surface area contributed by atoms with Crippen molar-refractivity contribution >= 4 is 24.1 Å². The molecule has 1 aromatic rings. The Kier molecular flexibility index (Phi) is 9.60. The number of aromatic nitrogens is 2. The SMILES string of the molecule is CCCC[C@H](CN(O)C=O)C(=O)NC(C(=O)N1CCN(C(=O)c2cc(C)[nH]n2)CC1)C(C)(C)C. The maximum absolute atomic E-state index is 13.4. The van der Waals surface area contributed by atoms with Gasteiger partial charge in [0, 0.05) is 31.9 Å². The first-order valence-electron chi connectivity index (χ1n) is 11.8. The molecule has 0 saturated carbocycles. The summed E-state index contributed by atoms with van der Waals surface area (Å²) in [6.07, 6.45) is 2.37. The Morgan fingerprint density at radius 3 is 2.35 bits per heavy atom. The van der Waals surface area contributed by atoms with Gasteiger partial charge in [0.05, 0.1) is 12.5 Å². The number of hydrogen-bond acceptors (Lipinski definition) is 6. The molecule has 0 radical (unpaired) electrons. The Balaban J connectivity index is 2.05. The van der Waals surface area contributed by atoms with Crippen LogP contribution in [0.15, 0.2) is 6.07 Å². The zero-order chi connectivity index (χ0) is 25.5. The number of H-pyrrole nitrogens is 1. The van der Waals surface area contributed by atoms with Gasteiger partial charge in [0.25, 0.3) is 5.91 Å². The third-order valence-corrected chi connectivity index (χ3v) is 6.01. The zero-order valence-corrected chi connectivity index (χ0v) is 20.8. The average Bonchev–Trinajstić information content (AvgIpc) is 3.24. The summed E-state index contributed by atoms with van der Waals surface area (Å²) in [7, 11) is 0. The summed E-state index contributed by atoms with van der Waals surface area (Å²) in [5.74, 6) is -1.39.